The Balaban J connectivity index is 1.81. The van der Waals surface area contributed by atoms with Crippen LogP contribution in [0.2, 0.25) is 0 Å². The van der Waals surface area contributed by atoms with Gasteiger partial charge in [0.1, 0.15) is 29.5 Å². The zero-order valence-corrected chi connectivity index (χ0v) is 21.9. The highest BCUT2D eigenvalue weighted by atomic mass is 16.5. The Morgan fingerprint density at radius 2 is 1.92 bits per heavy atom. The second-order valence-corrected chi connectivity index (χ2v) is 9.92. The molecular formula is C28H32N7O3+. The minimum absolute atomic E-state index is 0.127. The fourth-order valence-corrected chi connectivity index (χ4v) is 5.28. The average molecular weight is 515 g/mol. The first-order valence-corrected chi connectivity index (χ1v) is 12.8. The summed E-state index contributed by atoms with van der Waals surface area (Å²) < 4.78 is 5.36. The molecule has 10 heteroatoms. The van der Waals surface area contributed by atoms with Crippen molar-refractivity contribution in [3.8, 4) is 6.07 Å². The molecule has 1 saturated heterocycles. The average Bonchev–Trinajstić information content (AvgIpc) is 3.03. The second kappa shape index (κ2) is 10.2. The maximum Gasteiger partial charge on any atom is 0.331 e. The number of rotatable bonds is 5. The number of nitrogens with one attached hydrogen (secondary N) is 1. The van der Waals surface area contributed by atoms with Gasteiger partial charge in [-0.25, -0.2) is 9.36 Å². The van der Waals surface area contributed by atoms with Gasteiger partial charge < -0.3 is 14.8 Å². The number of allylic oxidation sites excluding steroid dienone is 2. The SMILES string of the molecule is CC(C)=CCn1c(N2CCCNCC2)c(C#N)c2c1c(=O)n(Cc1c3ccccc3cc[n+]1O)c(=O)n2C. The number of fused-ring (bicyclic) bond motifs is 2. The number of nitrogens with zero attached hydrogens (tertiary/aromatic N) is 6. The van der Waals surface area contributed by atoms with Crippen molar-refractivity contribution in [1.29, 1.82) is 5.26 Å². The van der Waals surface area contributed by atoms with E-state index in [4.69, 9.17) is 0 Å². The monoisotopic (exact) mass is 514 g/mol. The van der Waals surface area contributed by atoms with Crippen LogP contribution in [-0.2, 0) is 20.1 Å². The van der Waals surface area contributed by atoms with Crippen molar-refractivity contribution in [2.24, 2.45) is 7.05 Å². The molecule has 1 aliphatic heterocycles. The van der Waals surface area contributed by atoms with Crippen molar-refractivity contribution in [1.82, 2.24) is 19.0 Å². The van der Waals surface area contributed by atoms with Gasteiger partial charge in [0.05, 0.1) is 10.9 Å². The predicted octanol–water partition coefficient (Wildman–Crippen LogP) is 1.87. The van der Waals surface area contributed by atoms with Crippen LogP contribution in [0.1, 0.15) is 31.5 Å². The van der Waals surface area contributed by atoms with Crippen LogP contribution in [-0.4, -0.2) is 45.1 Å². The molecule has 5 rings (SSSR count). The Bertz CT molecular complexity index is 1720. The van der Waals surface area contributed by atoms with Gasteiger partial charge in [0.25, 0.3) is 11.3 Å². The predicted molar refractivity (Wildman–Crippen MR) is 146 cm³/mol. The number of pyridine rings is 1. The quantitative estimate of drug-likeness (QED) is 0.239. The Hall–Kier alpha value is -4.36. The highest BCUT2D eigenvalue weighted by molar-refractivity contribution is 5.90. The summed E-state index contributed by atoms with van der Waals surface area (Å²) in [4.78, 5) is 29.9. The van der Waals surface area contributed by atoms with E-state index in [1.807, 2.05) is 48.8 Å². The molecular weight excluding hydrogens is 482 g/mol. The highest BCUT2D eigenvalue weighted by Gasteiger charge is 2.29. The Morgan fingerprint density at radius 1 is 1.13 bits per heavy atom. The fraction of sp³-hybridized carbons (Fsp3) is 0.357. The summed E-state index contributed by atoms with van der Waals surface area (Å²) in [5, 5.41) is 25.9. The number of nitriles is 1. The van der Waals surface area contributed by atoms with Crippen molar-refractivity contribution in [3.05, 3.63) is 80.3 Å². The van der Waals surface area contributed by atoms with Gasteiger partial charge in [-0.15, -0.1) is 0 Å². The minimum atomic E-state index is -0.546. The number of anilines is 1. The Morgan fingerprint density at radius 3 is 2.68 bits per heavy atom. The van der Waals surface area contributed by atoms with Crippen LogP contribution >= 0.6 is 0 Å². The molecule has 2 N–H and O–H groups in total. The van der Waals surface area contributed by atoms with Gasteiger partial charge in [-0.05, 0) is 38.3 Å². The summed E-state index contributed by atoms with van der Waals surface area (Å²) >= 11 is 0. The molecule has 0 atom stereocenters. The van der Waals surface area contributed by atoms with Gasteiger partial charge in [0.15, 0.2) is 0 Å². The zero-order chi connectivity index (χ0) is 27.0. The molecule has 4 aromatic rings. The van der Waals surface area contributed by atoms with Crippen LogP contribution in [0.15, 0.2) is 57.8 Å². The number of aryl methyl sites for hydroxylation is 1. The molecule has 196 valence electrons. The zero-order valence-electron chi connectivity index (χ0n) is 21.9. The van der Waals surface area contributed by atoms with Crippen LogP contribution in [0.25, 0.3) is 21.8 Å². The topological polar surface area (TPSA) is 112 Å². The van der Waals surface area contributed by atoms with Crippen molar-refractivity contribution in [2.45, 2.75) is 33.4 Å². The lowest BCUT2D eigenvalue weighted by Gasteiger charge is -2.24. The van der Waals surface area contributed by atoms with Gasteiger partial charge in [0.2, 0.25) is 6.20 Å². The van der Waals surface area contributed by atoms with Crippen LogP contribution in [0.3, 0.4) is 0 Å². The van der Waals surface area contributed by atoms with Crippen molar-refractivity contribution in [3.63, 3.8) is 0 Å². The van der Waals surface area contributed by atoms with Gasteiger partial charge in [-0.2, -0.15) is 5.26 Å². The maximum absolute atomic E-state index is 14.1. The first kappa shape index (κ1) is 25.3. The third kappa shape index (κ3) is 4.25. The Labute approximate surface area is 219 Å². The van der Waals surface area contributed by atoms with Gasteiger partial charge in [-0.1, -0.05) is 29.8 Å². The van der Waals surface area contributed by atoms with E-state index in [9.17, 15) is 20.1 Å². The lowest BCUT2D eigenvalue weighted by Crippen LogP contribution is -2.44. The number of benzene rings is 1. The Kier molecular flexibility index (Phi) is 6.78. The highest BCUT2D eigenvalue weighted by Crippen LogP contribution is 2.31. The molecule has 0 radical (unpaired) electrons. The molecule has 10 nitrogen and oxygen atoms in total. The van der Waals surface area contributed by atoms with Crippen LogP contribution in [0, 0.1) is 11.3 Å². The summed E-state index contributed by atoms with van der Waals surface area (Å²) in [5.41, 5.74) is 1.43. The van der Waals surface area contributed by atoms with E-state index in [0.29, 0.717) is 41.2 Å². The molecule has 1 aliphatic rings. The molecule has 3 aromatic heterocycles. The van der Waals surface area contributed by atoms with E-state index in [1.54, 1.807) is 13.1 Å². The smallest absolute Gasteiger partial charge is 0.331 e. The molecule has 0 bridgehead atoms. The molecule has 0 spiro atoms. The van der Waals surface area contributed by atoms with Crippen LogP contribution in [0.4, 0.5) is 5.82 Å². The first-order chi connectivity index (χ1) is 18.3. The van der Waals surface area contributed by atoms with Gasteiger partial charge in [0, 0.05) is 44.0 Å². The van der Waals surface area contributed by atoms with E-state index < -0.39 is 11.2 Å². The number of hydrogen-bond donors (Lipinski definition) is 2. The summed E-state index contributed by atoms with van der Waals surface area (Å²) in [6.07, 6.45) is 4.42. The summed E-state index contributed by atoms with van der Waals surface area (Å²) in [6, 6.07) is 11.6. The molecule has 4 heterocycles. The molecule has 0 amide bonds. The molecule has 0 saturated carbocycles. The standard InChI is InChI=1S/C28H32N7O3/c1-19(2)9-14-33-25-24(22(17-29)26(33)32-13-6-11-30-12-16-32)31(3)28(37)34(27(25)36)18-23-21-8-5-4-7-20(21)10-15-35(23)38/h4-5,7-10,15,30,38H,6,11-14,16,18H2,1-3H3/q+1. The number of aromatic nitrogens is 4. The van der Waals surface area contributed by atoms with Crippen LogP contribution in [0.5, 0.6) is 0 Å². The van der Waals surface area contributed by atoms with Gasteiger partial charge >= 0.3 is 5.69 Å². The lowest BCUT2D eigenvalue weighted by molar-refractivity contribution is -0.908. The molecule has 38 heavy (non-hydrogen) atoms. The summed E-state index contributed by atoms with van der Waals surface area (Å²) in [5.74, 6) is 0.663. The maximum atomic E-state index is 14.1. The molecule has 1 fully saturated rings. The summed E-state index contributed by atoms with van der Waals surface area (Å²) in [6.45, 7) is 7.29. The van der Waals surface area contributed by atoms with E-state index in [1.165, 1.54) is 10.8 Å². The second-order valence-electron chi connectivity index (χ2n) is 9.92. The van der Waals surface area contributed by atoms with E-state index in [-0.39, 0.29) is 6.54 Å². The minimum Gasteiger partial charge on any atom is -0.356 e. The first-order valence-electron chi connectivity index (χ1n) is 12.8. The number of hydrogen-bond acceptors (Lipinski definition) is 6. The van der Waals surface area contributed by atoms with Crippen molar-refractivity contribution < 1.29 is 9.94 Å². The molecule has 0 unspecified atom stereocenters. The lowest BCUT2D eigenvalue weighted by atomic mass is 10.1. The van der Waals surface area contributed by atoms with E-state index >= 15 is 0 Å². The van der Waals surface area contributed by atoms with Crippen molar-refractivity contribution in [2.75, 3.05) is 31.1 Å². The summed E-state index contributed by atoms with van der Waals surface area (Å²) in [7, 11) is 1.59. The van der Waals surface area contributed by atoms with E-state index in [0.717, 1.165) is 51.7 Å². The normalized spacial score (nSPS) is 14.0. The third-order valence-electron chi connectivity index (χ3n) is 7.20. The largest absolute Gasteiger partial charge is 0.356 e. The molecule has 1 aromatic carbocycles. The van der Waals surface area contributed by atoms with E-state index in [2.05, 4.69) is 16.3 Å². The van der Waals surface area contributed by atoms with Gasteiger partial charge in [-0.3, -0.25) is 14.6 Å². The van der Waals surface area contributed by atoms with Crippen LogP contribution < -0.4 is 26.2 Å². The fourth-order valence-electron chi connectivity index (χ4n) is 5.28. The molecule has 0 aliphatic carbocycles. The van der Waals surface area contributed by atoms with Crippen molar-refractivity contribution >= 4 is 27.6 Å². The third-order valence-corrected chi connectivity index (χ3v) is 7.20.